The van der Waals surface area contributed by atoms with Crippen molar-refractivity contribution in [1.82, 2.24) is 15.2 Å². The van der Waals surface area contributed by atoms with E-state index in [1.54, 1.807) is 44.3 Å². The minimum atomic E-state index is -1.16. The molecule has 0 spiro atoms. The van der Waals surface area contributed by atoms with Crippen LogP contribution in [0, 0.1) is 5.92 Å². The standard InChI is InChI=1S/C35H44N4O7/c1-6-21(2)32(42)46-34(3,4)35(15-25-12-30(36)38-18-27(25)13-31(41)39-19-22(20-39)17-37-5)16-26-11-24-10-23(8-7-9-40)33(43)44-28(24)14-29(26)45-35/h6,10-12,14,18,22,37,40H,7-9,13,15-17,19-20H2,1-5H3,(H2,36,38). The summed E-state index contributed by atoms with van der Waals surface area (Å²) in [4.78, 5) is 45.2. The fraction of sp³-hybridized carbons (Fsp3) is 0.486. The average molecular weight is 633 g/mol. The molecular formula is C35H44N4O7. The van der Waals surface area contributed by atoms with E-state index in [2.05, 4.69) is 10.3 Å². The third-order valence-corrected chi connectivity index (χ3v) is 9.30. The third kappa shape index (κ3) is 6.66. The molecule has 1 unspecified atom stereocenters. The highest BCUT2D eigenvalue weighted by atomic mass is 16.6. The van der Waals surface area contributed by atoms with E-state index in [1.807, 2.05) is 31.9 Å². The fourth-order valence-corrected chi connectivity index (χ4v) is 6.28. The van der Waals surface area contributed by atoms with Gasteiger partial charge >= 0.3 is 11.6 Å². The molecule has 0 bridgehead atoms. The predicted molar refractivity (Wildman–Crippen MR) is 175 cm³/mol. The number of benzene rings is 1. The van der Waals surface area contributed by atoms with Crippen LogP contribution in [0.25, 0.3) is 11.0 Å². The molecule has 0 saturated carbocycles. The molecule has 0 radical (unpaired) electrons. The van der Waals surface area contributed by atoms with E-state index in [-0.39, 0.29) is 25.4 Å². The molecule has 1 amide bonds. The Kier molecular flexibility index (Phi) is 9.55. The Morgan fingerprint density at radius 1 is 1.22 bits per heavy atom. The zero-order valence-electron chi connectivity index (χ0n) is 27.3. The molecule has 2 aromatic heterocycles. The minimum absolute atomic E-state index is 0.0116. The van der Waals surface area contributed by atoms with Crippen molar-refractivity contribution in [3.63, 3.8) is 0 Å². The predicted octanol–water partition coefficient (Wildman–Crippen LogP) is 3.12. The molecular weight excluding hydrogens is 588 g/mol. The number of pyridine rings is 1. The first-order valence-electron chi connectivity index (χ1n) is 15.8. The normalized spacial score (nSPS) is 18.3. The first kappa shape index (κ1) is 33.2. The van der Waals surface area contributed by atoms with E-state index in [9.17, 15) is 19.5 Å². The van der Waals surface area contributed by atoms with Gasteiger partial charge in [-0.2, -0.15) is 0 Å². The summed E-state index contributed by atoms with van der Waals surface area (Å²) >= 11 is 0. The largest absolute Gasteiger partial charge is 0.482 e. The Labute approximate surface area is 268 Å². The van der Waals surface area contributed by atoms with Gasteiger partial charge < -0.3 is 34.9 Å². The van der Waals surface area contributed by atoms with Gasteiger partial charge in [0.25, 0.3) is 0 Å². The lowest BCUT2D eigenvalue weighted by Gasteiger charge is -2.43. The quantitative estimate of drug-likeness (QED) is 0.154. The summed E-state index contributed by atoms with van der Waals surface area (Å²) in [6.07, 6.45) is 4.97. The van der Waals surface area contributed by atoms with Crippen LogP contribution in [0.4, 0.5) is 5.82 Å². The molecule has 46 heavy (non-hydrogen) atoms. The number of fused-ring (bicyclic) bond motifs is 2. The summed E-state index contributed by atoms with van der Waals surface area (Å²) in [7, 11) is 1.91. The third-order valence-electron chi connectivity index (χ3n) is 9.30. The molecule has 2 aliphatic rings. The van der Waals surface area contributed by atoms with Crippen molar-refractivity contribution in [2.45, 2.75) is 71.0 Å². The van der Waals surface area contributed by atoms with Crippen molar-refractivity contribution in [2.24, 2.45) is 5.92 Å². The zero-order chi connectivity index (χ0) is 33.2. The molecule has 1 atom stereocenters. The van der Waals surface area contributed by atoms with Gasteiger partial charge in [0.05, 0.1) is 6.42 Å². The number of amides is 1. The topological polar surface area (TPSA) is 157 Å². The number of carbonyl (C=O) groups is 2. The van der Waals surface area contributed by atoms with Crippen molar-refractivity contribution in [1.29, 1.82) is 0 Å². The molecule has 1 fully saturated rings. The number of carbonyl (C=O) groups excluding carboxylic acids is 2. The lowest BCUT2D eigenvalue weighted by molar-refractivity contribution is -0.174. The van der Waals surface area contributed by atoms with Crippen LogP contribution < -0.4 is 21.4 Å². The van der Waals surface area contributed by atoms with Gasteiger partial charge in [0, 0.05) is 73.8 Å². The van der Waals surface area contributed by atoms with Crippen LogP contribution in [0.3, 0.4) is 0 Å². The van der Waals surface area contributed by atoms with Gasteiger partial charge in [0.2, 0.25) is 5.91 Å². The van der Waals surface area contributed by atoms with E-state index in [0.717, 1.165) is 28.6 Å². The first-order valence-corrected chi connectivity index (χ1v) is 15.8. The van der Waals surface area contributed by atoms with Crippen LogP contribution in [0.15, 0.2) is 51.3 Å². The first-order chi connectivity index (χ1) is 21.9. The number of esters is 1. The second kappa shape index (κ2) is 13.3. The highest BCUT2D eigenvalue weighted by Crippen LogP contribution is 2.46. The maximum Gasteiger partial charge on any atom is 0.339 e. The fourth-order valence-electron chi connectivity index (χ4n) is 6.28. The van der Waals surface area contributed by atoms with Gasteiger partial charge in [0.1, 0.15) is 22.8 Å². The number of nitrogens with two attached hydrogens (primary N) is 1. The lowest BCUT2D eigenvalue weighted by Crippen LogP contribution is -2.58. The Bertz CT molecular complexity index is 1720. The van der Waals surface area contributed by atoms with Gasteiger partial charge in [0.15, 0.2) is 5.60 Å². The van der Waals surface area contributed by atoms with Crippen molar-refractivity contribution >= 4 is 28.7 Å². The Balaban J connectivity index is 1.52. The van der Waals surface area contributed by atoms with Crippen molar-refractivity contribution < 1.29 is 28.6 Å². The van der Waals surface area contributed by atoms with E-state index in [1.165, 1.54) is 0 Å². The SMILES string of the molecule is CC=C(C)C(=O)OC(C)(C)C1(Cc2cc(N)ncc2CC(=O)N2CC(CNC)C2)Cc2cc3cc(CCCO)c(=O)oc3cc2O1. The number of aliphatic hydroxyl groups is 1. The molecule has 11 heteroatoms. The summed E-state index contributed by atoms with van der Waals surface area (Å²) < 4.78 is 18.6. The van der Waals surface area contributed by atoms with Gasteiger partial charge in [-0.15, -0.1) is 0 Å². The molecule has 246 valence electrons. The molecule has 5 rings (SSSR count). The molecule has 4 heterocycles. The number of likely N-dealkylation sites (tertiary alicyclic amines) is 1. The number of nitrogens with zero attached hydrogens (tertiary/aromatic N) is 2. The molecule has 4 N–H and O–H groups in total. The van der Waals surface area contributed by atoms with Crippen molar-refractivity contribution in [2.75, 3.05) is 39.0 Å². The number of anilines is 1. The minimum Gasteiger partial charge on any atom is -0.482 e. The van der Waals surface area contributed by atoms with Crippen LogP contribution in [-0.2, 0) is 40.0 Å². The monoisotopic (exact) mass is 632 g/mol. The zero-order valence-corrected chi connectivity index (χ0v) is 27.3. The molecule has 0 aliphatic carbocycles. The highest BCUT2D eigenvalue weighted by molar-refractivity contribution is 5.88. The summed E-state index contributed by atoms with van der Waals surface area (Å²) in [6, 6.07) is 7.19. The summed E-state index contributed by atoms with van der Waals surface area (Å²) in [5.74, 6) is 0.805. The number of allylic oxidation sites excluding steroid dienone is 1. The van der Waals surface area contributed by atoms with E-state index in [0.29, 0.717) is 66.6 Å². The maximum absolute atomic E-state index is 13.3. The number of aromatic nitrogens is 1. The van der Waals surface area contributed by atoms with Crippen molar-refractivity contribution in [3.8, 4) is 5.75 Å². The van der Waals surface area contributed by atoms with E-state index >= 15 is 0 Å². The van der Waals surface area contributed by atoms with Crippen LogP contribution in [0.2, 0.25) is 0 Å². The number of hydrogen-bond donors (Lipinski definition) is 3. The van der Waals surface area contributed by atoms with Crippen LogP contribution in [0.5, 0.6) is 5.75 Å². The summed E-state index contributed by atoms with van der Waals surface area (Å²) in [5.41, 5.74) is 7.14. The second-order valence-corrected chi connectivity index (χ2v) is 13.0. The number of nitrogens with one attached hydrogen (secondary N) is 1. The molecule has 3 aromatic rings. The Morgan fingerprint density at radius 2 is 1.98 bits per heavy atom. The number of hydrogen-bond acceptors (Lipinski definition) is 10. The second-order valence-electron chi connectivity index (χ2n) is 13.0. The lowest BCUT2D eigenvalue weighted by atomic mass is 9.76. The summed E-state index contributed by atoms with van der Waals surface area (Å²) in [5, 5.41) is 13.2. The average Bonchev–Trinajstić information content (AvgIpc) is 3.35. The van der Waals surface area contributed by atoms with Gasteiger partial charge in [-0.1, -0.05) is 6.08 Å². The number of aryl methyl sites for hydroxylation is 1. The number of rotatable bonds is 12. The maximum atomic E-state index is 13.3. The van der Waals surface area contributed by atoms with E-state index in [4.69, 9.17) is 19.6 Å². The molecule has 1 aromatic carbocycles. The smallest absolute Gasteiger partial charge is 0.339 e. The van der Waals surface area contributed by atoms with Gasteiger partial charge in [-0.3, -0.25) is 4.79 Å². The van der Waals surface area contributed by atoms with Crippen LogP contribution in [-0.4, -0.2) is 71.4 Å². The highest BCUT2D eigenvalue weighted by Gasteiger charge is 2.54. The Hall–Kier alpha value is -4.22. The Morgan fingerprint density at radius 3 is 2.67 bits per heavy atom. The molecule has 2 aliphatic heterocycles. The summed E-state index contributed by atoms with van der Waals surface area (Å²) in [6.45, 7) is 9.37. The van der Waals surface area contributed by atoms with Crippen LogP contribution >= 0.6 is 0 Å². The number of ether oxygens (including phenoxy) is 2. The van der Waals surface area contributed by atoms with E-state index < -0.39 is 22.8 Å². The van der Waals surface area contributed by atoms with Gasteiger partial charge in [-0.05, 0) is 82.5 Å². The molecule has 11 nitrogen and oxygen atoms in total. The van der Waals surface area contributed by atoms with Crippen LogP contribution in [0.1, 0.15) is 56.4 Å². The number of aliphatic hydroxyl groups excluding tert-OH is 1. The molecule has 1 saturated heterocycles. The van der Waals surface area contributed by atoms with Gasteiger partial charge in [-0.25, -0.2) is 14.6 Å². The number of nitrogen functional groups attached to an aromatic ring is 1. The van der Waals surface area contributed by atoms with Crippen molar-refractivity contribution in [3.05, 3.63) is 74.8 Å².